The highest BCUT2D eigenvalue weighted by atomic mass is 32.1. The van der Waals surface area contributed by atoms with Gasteiger partial charge in [-0.05, 0) is 25.0 Å². The van der Waals surface area contributed by atoms with Crippen LogP contribution in [0.5, 0.6) is 0 Å². The van der Waals surface area contributed by atoms with Gasteiger partial charge in [-0.2, -0.15) is 0 Å². The van der Waals surface area contributed by atoms with Crippen LogP contribution in [0.25, 0.3) is 4.96 Å². The summed E-state index contributed by atoms with van der Waals surface area (Å²) in [4.78, 5) is 27.6. The zero-order valence-corrected chi connectivity index (χ0v) is 18.4. The Morgan fingerprint density at radius 2 is 2.03 bits per heavy atom. The van der Waals surface area contributed by atoms with Crippen molar-refractivity contribution in [1.29, 1.82) is 0 Å². The molecule has 5 heterocycles. The Kier molecular flexibility index (Phi) is 6.26. The molecule has 2 saturated heterocycles. The molecule has 9 heteroatoms. The number of likely N-dealkylation sites (tertiary alicyclic amines) is 1. The van der Waals surface area contributed by atoms with E-state index in [0.29, 0.717) is 12.2 Å². The van der Waals surface area contributed by atoms with Gasteiger partial charge in [-0.1, -0.05) is 6.07 Å². The number of carbonyl (C=O) groups excluding carboxylic acids is 1. The van der Waals surface area contributed by atoms with Crippen molar-refractivity contribution in [3.63, 3.8) is 0 Å². The topological polar surface area (TPSA) is 75.0 Å². The number of aromatic nitrogens is 3. The molecule has 0 bridgehead atoms. The standard InChI is InChI=1S/C22H28N6O2S/c29-21(27-7-3-4-8-27)20-19(28-11-14-31-22(28)25-20)16-23-15-18(17-5-1-2-6-24-17)26-9-12-30-13-10-26/h1-2,5-6,11,14,18,23H,3-4,7-10,12-13,15-16H2/t18-/m0/s1. The number of ether oxygens (including phenoxy) is 1. The van der Waals surface area contributed by atoms with Crippen LogP contribution in [-0.4, -0.2) is 76.0 Å². The van der Waals surface area contributed by atoms with Crippen LogP contribution in [0.3, 0.4) is 0 Å². The lowest BCUT2D eigenvalue weighted by molar-refractivity contribution is 0.0152. The summed E-state index contributed by atoms with van der Waals surface area (Å²) in [5, 5.41) is 5.62. The Labute approximate surface area is 185 Å². The molecule has 0 aliphatic carbocycles. The Morgan fingerprint density at radius 1 is 1.19 bits per heavy atom. The van der Waals surface area contributed by atoms with Crippen LogP contribution >= 0.6 is 11.3 Å². The molecule has 1 N–H and O–H groups in total. The predicted octanol–water partition coefficient (Wildman–Crippen LogP) is 2.19. The first kappa shape index (κ1) is 20.6. The number of morpholine rings is 1. The van der Waals surface area contributed by atoms with E-state index in [1.165, 1.54) is 0 Å². The molecular formula is C22H28N6O2S. The number of nitrogens with one attached hydrogen (secondary N) is 1. The summed E-state index contributed by atoms with van der Waals surface area (Å²) in [6.45, 7) is 6.26. The molecule has 2 fully saturated rings. The van der Waals surface area contributed by atoms with Gasteiger partial charge in [0.2, 0.25) is 0 Å². The zero-order valence-electron chi connectivity index (χ0n) is 17.6. The molecule has 164 valence electrons. The van der Waals surface area contributed by atoms with E-state index in [1.54, 1.807) is 11.3 Å². The lowest BCUT2D eigenvalue weighted by atomic mass is 10.1. The quantitative estimate of drug-likeness (QED) is 0.607. The average Bonchev–Trinajstić information content (AvgIpc) is 3.56. The molecule has 0 aromatic carbocycles. The van der Waals surface area contributed by atoms with Crippen molar-refractivity contribution in [2.45, 2.75) is 25.4 Å². The largest absolute Gasteiger partial charge is 0.379 e. The summed E-state index contributed by atoms with van der Waals surface area (Å²) in [6.07, 6.45) is 6.00. The minimum atomic E-state index is 0.0552. The van der Waals surface area contributed by atoms with E-state index >= 15 is 0 Å². The summed E-state index contributed by atoms with van der Waals surface area (Å²) in [5.74, 6) is 0.0552. The molecular weight excluding hydrogens is 412 g/mol. The van der Waals surface area contributed by atoms with Crippen molar-refractivity contribution in [3.05, 3.63) is 53.1 Å². The highest BCUT2D eigenvalue weighted by Gasteiger charge is 2.27. The molecule has 3 aromatic rings. The molecule has 0 spiro atoms. The fourth-order valence-corrected chi connectivity index (χ4v) is 5.19. The van der Waals surface area contributed by atoms with Gasteiger partial charge in [0.15, 0.2) is 10.7 Å². The number of rotatable bonds is 7. The highest BCUT2D eigenvalue weighted by molar-refractivity contribution is 7.15. The molecule has 2 aliphatic rings. The van der Waals surface area contributed by atoms with Gasteiger partial charge in [-0.25, -0.2) is 4.98 Å². The van der Waals surface area contributed by atoms with E-state index in [9.17, 15) is 4.79 Å². The second kappa shape index (κ2) is 9.44. The first-order chi connectivity index (χ1) is 15.3. The van der Waals surface area contributed by atoms with Crippen LogP contribution < -0.4 is 5.32 Å². The number of nitrogens with zero attached hydrogens (tertiary/aromatic N) is 5. The lowest BCUT2D eigenvalue weighted by Crippen LogP contribution is -2.43. The molecule has 31 heavy (non-hydrogen) atoms. The van der Waals surface area contributed by atoms with Gasteiger partial charge in [0.1, 0.15) is 0 Å². The first-order valence-corrected chi connectivity index (χ1v) is 11.9. The number of carbonyl (C=O) groups is 1. The number of pyridine rings is 1. The maximum absolute atomic E-state index is 13.1. The summed E-state index contributed by atoms with van der Waals surface area (Å²) in [7, 11) is 0. The average molecular weight is 441 g/mol. The van der Waals surface area contributed by atoms with Gasteiger partial charge in [-0.15, -0.1) is 11.3 Å². The number of thiazole rings is 1. The van der Waals surface area contributed by atoms with Crippen LogP contribution in [0.4, 0.5) is 0 Å². The van der Waals surface area contributed by atoms with Crippen LogP contribution in [0.15, 0.2) is 36.0 Å². The van der Waals surface area contributed by atoms with E-state index in [-0.39, 0.29) is 11.9 Å². The number of imidazole rings is 1. The van der Waals surface area contributed by atoms with Gasteiger partial charge < -0.3 is 15.0 Å². The number of hydrogen-bond donors (Lipinski definition) is 1. The van der Waals surface area contributed by atoms with Crippen LogP contribution in [-0.2, 0) is 11.3 Å². The SMILES string of the molecule is O=C(c1nc2sccn2c1CNC[C@@H](c1ccccn1)N1CCOCC1)N1CCCC1. The normalized spacial score (nSPS) is 18.6. The smallest absolute Gasteiger partial charge is 0.274 e. The Morgan fingerprint density at radius 3 is 2.81 bits per heavy atom. The summed E-state index contributed by atoms with van der Waals surface area (Å²) in [5.41, 5.74) is 2.58. The summed E-state index contributed by atoms with van der Waals surface area (Å²) >= 11 is 1.56. The van der Waals surface area contributed by atoms with Crippen molar-refractivity contribution in [3.8, 4) is 0 Å². The predicted molar refractivity (Wildman–Crippen MR) is 119 cm³/mol. The number of amides is 1. The molecule has 5 rings (SSSR count). The maximum atomic E-state index is 13.1. The third kappa shape index (κ3) is 4.36. The zero-order chi connectivity index (χ0) is 21.0. The van der Waals surface area contributed by atoms with Crippen LogP contribution in [0.1, 0.15) is 40.8 Å². The van der Waals surface area contributed by atoms with Crippen molar-refractivity contribution in [1.82, 2.24) is 29.5 Å². The third-order valence-corrected chi connectivity index (χ3v) is 6.86. The minimum absolute atomic E-state index is 0.0552. The van der Waals surface area contributed by atoms with Gasteiger partial charge in [0.05, 0.1) is 30.6 Å². The van der Waals surface area contributed by atoms with E-state index in [0.717, 1.165) is 75.1 Å². The molecule has 2 aliphatic heterocycles. The highest BCUT2D eigenvalue weighted by Crippen LogP contribution is 2.22. The number of hydrogen-bond acceptors (Lipinski definition) is 7. The Hall–Kier alpha value is -2.33. The molecule has 0 saturated carbocycles. The fraction of sp³-hybridized carbons (Fsp3) is 0.500. The second-order valence-corrected chi connectivity index (χ2v) is 8.88. The van der Waals surface area contributed by atoms with Gasteiger partial charge in [0, 0.05) is 57.0 Å². The van der Waals surface area contributed by atoms with Gasteiger partial charge in [-0.3, -0.25) is 19.1 Å². The monoisotopic (exact) mass is 440 g/mol. The van der Waals surface area contributed by atoms with Crippen LogP contribution in [0.2, 0.25) is 0 Å². The molecule has 1 atom stereocenters. The first-order valence-electron chi connectivity index (χ1n) is 11.0. The number of fused-ring (bicyclic) bond motifs is 1. The fourth-order valence-electron chi connectivity index (χ4n) is 4.45. The van der Waals surface area contributed by atoms with Crippen molar-refractivity contribution in [2.24, 2.45) is 0 Å². The van der Waals surface area contributed by atoms with Gasteiger partial charge >= 0.3 is 0 Å². The maximum Gasteiger partial charge on any atom is 0.274 e. The van der Waals surface area contributed by atoms with Gasteiger partial charge in [0.25, 0.3) is 5.91 Å². The minimum Gasteiger partial charge on any atom is -0.379 e. The van der Waals surface area contributed by atoms with Crippen molar-refractivity contribution < 1.29 is 9.53 Å². The second-order valence-electron chi connectivity index (χ2n) is 8.01. The molecule has 0 unspecified atom stereocenters. The Balaban J connectivity index is 1.34. The van der Waals surface area contributed by atoms with E-state index in [4.69, 9.17) is 4.74 Å². The van der Waals surface area contributed by atoms with Crippen LogP contribution in [0, 0.1) is 0 Å². The molecule has 1 amide bonds. The molecule has 8 nitrogen and oxygen atoms in total. The van der Waals surface area contributed by atoms with Crippen molar-refractivity contribution >= 4 is 22.2 Å². The lowest BCUT2D eigenvalue weighted by Gasteiger charge is -2.34. The van der Waals surface area contributed by atoms with E-state index < -0.39 is 0 Å². The molecule has 0 radical (unpaired) electrons. The third-order valence-electron chi connectivity index (χ3n) is 6.10. The Bertz CT molecular complexity index is 1010. The van der Waals surface area contributed by atoms with E-state index in [1.807, 2.05) is 39.2 Å². The molecule has 3 aromatic heterocycles. The summed E-state index contributed by atoms with van der Waals surface area (Å²) in [6, 6.07) is 6.23. The summed E-state index contributed by atoms with van der Waals surface area (Å²) < 4.78 is 7.59. The van der Waals surface area contributed by atoms with E-state index in [2.05, 4.69) is 26.3 Å². The van der Waals surface area contributed by atoms with Crippen molar-refractivity contribution in [2.75, 3.05) is 45.9 Å².